The zero-order valence-corrected chi connectivity index (χ0v) is 15.7. The highest BCUT2D eigenvalue weighted by atomic mass is 19.1. The fourth-order valence-corrected chi connectivity index (χ4v) is 3.89. The molecule has 0 N–H and O–H groups in total. The van der Waals surface area contributed by atoms with E-state index in [1.165, 1.54) is 17.1 Å². The number of halogens is 1. The summed E-state index contributed by atoms with van der Waals surface area (Å²) in [6, 6.07) is 5.93. The van der Waals surface area contributed by atoms with Crippen LogP contribution in [0.15, 0.2) is 29.4 Å². The van der Waals surface area contributed by atoms with Gasteiger partial charge in [0.05, 0.1) is 19.8 Å². The Morgan fingerprint density at radius 3 is 2.68 bits per heavy atom. The second-order valence-electron chi connectivity index (χ2n) is 7.39. The van der Waals surface area contributed by atoms with Crippen LogP contribution in [0.3, 0.4) is 0 Å². The van der Waals surface area contributed by atoms with Crippen molar-refractivity contribution in [3.8, 4) is 0 Å². The van der Waals surface area contributed by atoms with Crippen molar-refractivity contribution in [3.63, 3.8) is 0 Å². The molecular weight excluding hydrogens is 365 g/mol. The van der Waals surface area contributed by atoms with Gasteiger partial charge in [0.15, 0.2) is 6.29 Å². The summed E-state index contributed by atoms with van der Waals surface area (Å²) < 4.78 is 24.3. The third-order valence-electron chi connectivity index (χ3n) is 5.37. The van der Waals surface area contributed by atoms with Crippen LogP contribution < -0.4 is 0 Å². The standard InChI is InChI=1S/C20H24FN3O4/c21-16-5-3-14(4-6-16)12-24-18(25)8-7-17(22-24)19(26)23-9-1-2-15(13-23)20-27-10-11-28-20/h3-6,15,20H,1-2,7-13H2. The van der Waals surface area contributed by atoms with Crippen LogP contribution in [0, 0.1) is 11.7 Å². The maximum absolute atomic E-state index is 13.1. The van der Waals surface area contributed by atoms with E-state index in [0.717, 1.165) is 18.4 Å². The quantitative estimate of drug-likeness (QED) is 0.789. The van der Waals surface area contributed by atoms with E-state index in [2.05, 4.69) is 5.10 Å². The zero-order chi connectivity index (χ0) is 19.5. The smallest absolute Gasteiger partial charge is 0.270 e. The van der Waals surface area contributed by atoms with Crippen LogP contribution in [0.2, 0.25) is 0 Å². The Morgan fingerprint density at radius 1 is 1.18 bits per heavy atom. The zero-order valence-electron chi connectivity index (χ0n) is 15.7. The molecule has 2 saturated heterocycles. The number of piperidine rings is 1. The van der Waals surface area contributed by atoms with Crippen LogP contribution in [0.1, 0.15) is 31.2 Å². The van der Waals surface area contributed by atoms with Gasteiger partial charge in [0.25, 0.3) is 5.91 Å². The number of likely N-dealkylation sites (tertiary alicyclic amines) is 1. The van der Waals surface area contributed by atoms with Gasteiger partial charge in [0.2, 0.25) is 5.91 Å². The molecule has 0 bridgehead atoms. The van der Waals surface area contributed by atoms with Gasteiger partial charge < -0.3 is 14.4 Å². The van der Waals surface area contributed by atoms with E-state index in [9.17, 15) is 14.0 Å². The summed E-state index contributed by atoms with van der Waals surface area (Å²) in [7, 11) is 0. The number of hydrogen-bond donors (Lipinski definition) is 0. The average Bonchev–Trinajstić information content (AvgIpc) is 3.26. The van der Waals surface area contributed by atoms with Crippen LogP contribution in [0.4, 0.5) is 4.39 Å². The minimum atomic E-state index is -0.331. The van der Waals surface area contributed by atoms with Crippen LogP contribution in [-0.2, 0) is 25.6 Å². The van der Waals surface area contributed by atoms with Crippen molar-refractivity contribution in [2.45, 2.75) is 38.5 Å². The number of amides is 2. The second kappa shape index (κ2) is 8.36. The Bertz CT molecular complexity index is 761. The topological polar surface area (TPSA) is 71.4 Å². The molecule has 8 heteroatoms. The lowest BCUT2D eigenvalue weighted by molar-refractivity contribution is -0.134. The van der Waals surface area contributed by atoms with Gasteiger partial charge in [-0.2, -0.15) is 5.10 Å². The SMILES string of the molecule is O=C(C1=NN(Cc2ccc(F)cc2)C(=O)CC1)N1CCCC(C2OCCO2)C1. The molecule has 1 atom stereocenters. The lowest BCUT2D eigenvalue weighted by Gasteiger charge is -2.35. The second-order valence-corrected chi connectivity index (χ2v) is 7.39. The van der Waals surface area contributed by atoms with E-state index >= 15 is 0 Å². The Morgan fingerprint density at radius 2 is 1.93 bits per heavy atom. The Balaban J connectivity index is 1.43. The van der Waals surface area contributed by atoms with Gasteiger partial charge in [0.1, 0.15) is 11.5 Å². The number of nitrogens with zero attached hydrogens (tertiary/aromatic N) is 3. The number of rotatable bonds is 4. The van der Waals surface area contributed by atoms with Crippen molar-refractivity contribution >= 4 is 17.5 Å². The number of hydrazone groups is 1. The number of benzene rings is 1. The van der Waals surface area contributed by atoms with Gasteiger partial charge in [-0.25, -0.2) is 9.40 Å². The summed E-state index contributed by atoms with van der Waals surface area (Å²) in [4.78, 5) is 27.0. The predicted octanol–water partition coefficient (Wildman–Crippen LogP) is 1.92. The molecule has 1 aromatic rings. The number of ether oxygens (including phenoxy) is 2. The molecule has 4 rings (SSSR count). The molecule has 2 amide bonds. The fourth-order valence-electron chi connectivity index (χ4n) is 3.89. The summed E-state index contributed by atoms with van der Waals surface area (Å²) in [5.74, 6) is -0.422. The average molecular weight is 389 g/mol. The normalized spacial score (nSPS) is 23.8. The van der Waals surface area contributed by atoms with Crippen LogP contribution in [0.25, 0.3) is 0 Å². The first-order valence-electron chi connectivity index (χ1n) is 9.75. The van der Waals surface area contributed by atoms with Crippen molar-refractivity contribution < 1.29 is 23.5 Å². The van der Waals surface area contributed by atoms with Gasteiger partial charge in [0, 0.05) is 31.8 Å². The Kier molecular flexibility index (Phi) is 5.68. The van der Waals surface area contributed by atoms with Gasteiger partial charge in [-0.3, -0.25) is 9.59 Å². The molecule has 0 spiro atoms. The summed E-state index contributed by atoms with van der Waals surface area (Å²) >= 11 is 0. The maximum atomic E-state index is 13.1. The van der Waals surface area contributed by atoms with Crippen molar-refractivity contribution in [3.05, 3.63) is 35.6 Å². The minimum Gasteiger partial charge on any atom is -0.350 e. The molecule has 0 radical (unpaired) electrons. The van der Waals surface area contributed by atoms with E-state index in [1.807, 2.05) is 0 Å². The number of hydrogen-bond acceptors (Lipinski definition) is 5. The lowest BCUT2D eigenvalue weighted by Crippen LogP contribution is -2.47. The van der Waals surface area contributed by atoms with E-state index in [4.69, 9.17) is 9.47 Å². The molecule has 2 fully saturated rings. The highest BCUT2D eigenvalue weighted by Gasteiger charge is 2.35. The molecule has 150 valence electrons. The van der Waals surface area contributed by atoms with Crippen LogP contribution >= 0.6 is 0 Å². The molecule has 7 nitrogen and oxygen atoms in total. The molecule has 3 aliphatic heterocycles. The highest BCUT2D eigenvalue weighted by Crippen LogP contribution is 2.26. The monoisotopic (exact) mass is 389 g/mol. The van der Waals surface area contributed by atoms with E-state index in [1.54, 1.807) is 17.0 Å². The Labute approximate surface area is 163 Å². The third kappa shape index (κ3) is 4.23. The molecule has 1 unspecified atom stereocenters. The molecule has 3 heterocycles. The van der Waals surface area contributed by atoms with E-state index in [0.29, 0.717) is 38.4 Å². The largest absolute Gasteiger partial charge is 0.350 e. The molecule has 0 saturated carbocycles. The molecule has 1 aromatic carbocycles. The van der Waals surface area contributed by atoms with Gasteiger partial charge in [-0.1, -0.05) is 12.1 Å². The molecule has 0 aromatic heterocycles. The third-order valence-corrected chi connectivity index (χ3v) is 5.37. The predicted molar refractivity (Wildman–Crippen MR) is 98.6 cm³/mol. The lowest BCUT2D eigenvalue weighted by atomic mass is 9.96. The van der Waals surface area contributed by atoms with Gasteiger partial charge in [-0.05, 0) is 30.5 Å². The van der Waals surface area contributed by atoms with Crippen molar-refractivity contribution in [2.24, 2.45) is 11.0 Å². The molecule has 0 aliphatic carbocycles. The van der Waals surface area contributed by atoms with Crippen molar-refractivity contribution in [2.75, 3.05) is 26.3 Å². The van der Waals surface area contributed by atoms with Crippen LogP contribution in [0.5, 0.6) is 0 Å². The number of carbonyl (C=O) groups excluding carboxylic acids is 2. The first-order chi connectivity index (χ1) is 13.6. The molecule has 3 aliphatic rings. The Hall–Kier alpha value is -2.32. The number of carbonyl (C=O) groups is 2. The maximum Gasteiger partial charge on any atom is 0.270 e. The van der Waals surface area contributed by atoms with Crippen molar-refractivity contribution in [1.29, 1.82) is 0 Å². The molecule has 28 heavy (non-hydrogen) atoms. The summed E-state index contributed by atoms with van der Waals surface area (Å²) in [5, 5.41) is 5.65. The summed E-state index contributed by atoms with van der Waals surface area (Å²) in [6.07, 6.45) is 2.22. The first-order valence-corrected chi connectivity index (χ1v) is 9.75. The van der Waals surface area contributed by atoms with Gasteiger partial charge >= 0.3 is 0 Å². The fraction of sp³-hybridized carbons (Fsp3) is 0.550. The van der Waals surface area contributed by atoms with Crippen molar-refractivity contribution in [1.82, 2.24) is 9.91 Å². The highest BCUT2D eigenvalue weighted by molar-refractivity contribution is 6.39. The molecular formula is C20H24FN3O4. The van der Waals surface area contributed by atoms with Gasteiger partial charge in [-0.15, -0.1) is 0 Å². The minimum absolute atomic E-state index is 0.126. The summed E-state index contributed by atoms with van der Waals surface area (Å²) in [6.45, 7) is 2.67. The first kappa shape index (κ1) is 19.0. The summed E-state index contributed by atoms with van der Waals surface area (Å²) in [5.41, 5.74) is 1.16. The van der Waals surface area contributed by atoms with Crippen LogP contribution in [-0.4, -0.2) is 60.0 Å². The van der Waals surface area contributed by atoms with E-state index < -0.39 is 0 Å². The van der Waals surface area contributed by atoms with E-state index in [-0.39, 0.29) is 42.8 Å².